The van der Waals surface area contributed by atoms with Gasteiger partial charge in [0, 0.05) is 19.8 Å². The molecule has 0 aliphatic heterocycles. The summed E-state index contributed by atoms with van der Waals surface area (Å²) in [4.78, 5) is 0. The average Bonchev–Trinajstić information content (AvgIpc) is 2.22. The molecule has 0 amide bonds. The van der Waals surface area contributed by atoms with E-state index >= 15 is 0 Å². The molecule has 86 valence electrons. The Morgan fingerprint density at radius 1 is 1.14 bits per heavy atom. The Labute approximate surface area is 88.4 Å². The van der Waals surface area contributed by atoms with Gasteiger partial charge in [-0.05, 0) is 19.3 Å². The molecule has 3 N–H and O–H groups in total. The maximum absolute atomic E-state index is 5.48. The highest BCUT2D eigenvalue weighted by Gasteiger charge is 2.05. The first kappa shape index (κ1) is 13.9. The van der Waals surface area contributed by atoms with Crippen molar-refractivity contribution in [3.8, 4) is 0 Å². The van der Waals surface area contributed by atoms with Gasteiger partial charge in [0.2, 0.25) is 0 Å². The van der Waals surface area contributed by atoms with Crippen LogP contribution in [0.15, 0.2) is 0 Å². The molecule has 0 heterocycles. The van der Waals surface area contributed by atoms with Gasteiger partial charge in [-0.25, -0.2) is 0 Å². The summed E-state index contributed by atoms with van der Waals surface area (Å²) in [6.07, 6.45) is 8.67. The van der Waals surface area contributed by atoms with E-state index in [1.165, 1.54) is 32.1 Å². The predicted molar refractivity (Wildman–Crippen MR) is 61.0 cm³/mol. The van der Waals surface area contributed by atoms with Crippen LogP contribution in [-0.4, -0.2) is 19.8 Å². The molecule has 0 radical (unpaired) electrons. The maximum Gasteiger partial charge on any atom is 0.0462 e. The molecule has 1 atom stereocenters. The monoisotopic (exact) mass is 202 g/mol. The first-order valence-electron chi connectivity index (χ1n) is 5.80. The minimum Gasteiger partial charge on any atom is -0.385 e. The average molecular weight is 202 g/mol. The molecule has 0 fully saturated rings. The zero-order chi connectivity index (χ0) is 10.6. The smallest absolute Gasteiger partial charge is 0.0462 e. The highest BCUT2D eigenvalue weighted by atomic mass is 16.5. The fraction of sp³-hybridized carbons (Fsp3) is 1.00. The number of nitrogens with one attached hydrogen (secondary N) is 1. The SMILES string of the molecule is CCCCCCC(CCCOC)NN. The Morgan fingerprint density at radius 2 is 1.86 bits per heavy atom. The van der Waals surface area contributed by atoms with Crippen LogP contribution in [-0.2, 0) is 4.74 Å². The van der Waals surface area contributed by atoms with Crippen LogP contribution in [0.3, 0.4) is 0 Å². The first-order chi connectivity index (χ1) is 6.85. The number of methoxy groups -OCH3 is 1. The summed E-state index contributed by atoms with van der Waals surface area (Å²) in [5.41, 5.74) is 2.88. The Bertz CT molecular complexity index is 109. The molecule has 0 rings (SSSR count). The molecule has 0 aromatic heterocycles. The van der Waals surface area contributed by atoms with Gasteiger partial charge in [-0.2, -0.15) is 0 Å². The fourth-order valence-corrected chi connectivity index (χ4v) is 1.60. The molecule has 0 aliphatic carbocycles. The molecule has 0 spiro atoms. The third kappa shape index (κ3) is 8.48. The molecule has 0 aromatic rings. The van der Waals surface area contributed by atoms with Crippen molar-refractivity contribution >= 4 is 0 Å². The second kappa shape index (κ2) is 11.0. The number of ether oxygens (including phenoxy) is 1. The van der Waals surface area contributed by atoms with Gasteiger partial charge in [-0.15, -0.1) is 0 Å². The number of hydrogen-bond acceptors (Lipinski definition) is 3. The van der Waals surface area contributed by atoms with Gasteiger partial charge in [-0.1, -0.05) is 32.6 Å². The number of hydrazine groups is 1. The van der Waals surface area contributed by atoms with E-state index in [4.69, 9.17) is 10.6 Å². The van der Waals surface area contributed by atoms with Crippen molar-refractivity contribution in [3.05, 3.63) is 0 Å². The number of hydrogen-bond donors (Lipinski definition) is 2. The van der Waals surface area contributed by atoms with E-state index in [0.717, 1.165) is 19.4 Å². The molecule has 3 nitrogen and oxygen atoms in total. The van der Waals surface area contributed by atoms with Gasteiger partial charge in [0.1, 0.15) is 0 Å². The minimum atomic E-state index is 0.474. The van der Waals surface area contributed by atoms with Crippen LogP contribution >= 0.6 is 0 Å². The standard InChI is InChI=1S/C11H26N2O/c1-3-4-5-6-8-11(13-12)9-7-10-14-2/h11,13H,3-10,12H2,1-2H3. The molecular weight excluding hydrogens is 176 g/mol. The van der Waals surface area contributed by atoms with Crippen molar-refractivity contribution in [2.75, 3.05) is 13.7 Å². The second-order valence-electron chi connectivity index (χ2n) is 3.85. The van der Waals surface area contributed by atoms with Crippen molar-refractivity contribution < 1.29 is 4.74 Å². The third-order valence-corrected chi connectivity index (χ3v) is 2.54. The van der Waals surface area contributed by atoms with Crippen molar-refractivity contribution in [2.45, 2.75) is 57.9 Å². The summed E-state index contributed by atoms with van der Waals surface area (Å²) >= 11 is 0. The third-order valence-electron chi connectivity index (χ3n) is 2.54. The molecule has 3 heteroatoms. The highest BCUT2D eigenvalue weighted by molar-refractivity contribution is 4.63. The zero-order valence-corrected chi connectivity index (χ0v) is 9.72. The number of unbranched alkanes of at least 4 members (excludes halogenated alkanes) is 3. The van der Waals surface area contributed by atoms with Crippen LogP contribution in [0.4, 0.5) is 0 Å². The minimum absolute atomic E-state index is 0.474. The van der Waals surface area contributed by atoms with Crippen molar-refractivity contribution in [1.82, 2.24) is 5.43 Å². The van der Waals surface area contributed by atoms with Gasteiger partial charge in [0.15, 0.2) is 0 Å². The summed E-state index contributed by atoms with van der Waals surface area (Å²) in [7, 11) is 1.74. The van der Waals surface area contributed by atoms with Gasteiger partial charge in [0.05, 0.1) is 0 Å². The molecule has 1 unspecified atom stereocenters. The van der Waals surface area contributed by atoms with Crippen molar-refractivity contribution in [2.24, 2.45) is 5.84 Å². The summed E-state index contributed by atoms with van der Waals surface area (Å²) < 4.78 is 5.01. The Kier molecular flexibility index (Phi) is 10.9. The van der Waals surface area contributed by atoms with Crippen LogP contribution in [0.2, 0.25) is 0 Å². The first-order valence-corrected chi connectivity index (χ1v) is 5.80. The van der Waals surface area contributed by atoms with E-state index in [1.807, 2.05) is 0 Å². The molecule has 0 saturated carbocycles. The van der Waals surface area contributed by atoms with E-state index in [0.29, 0.717) is 6.04 Å². The van der Waals surface area contributed by atoms with Gasteiger partial charge >= 0.3 is 0 Å². The summed E-state index contributed by atoms with van der Waals surface area (Å²) in [5.74, 6) is 5.48. The lowest BCUT2D eigenvalue weighted by atomic mass is 10.0. The molecular formula is C11H26N2O. The summed E-state index contributed by atoms with van der Waals surface area (Å²) in [6.45, 7) is 3.07. The van der Waals surface area contributed by atoms with E-state index in [-0.39, 0.29) is 0 Å². The predicted octanol–water partition coefficient (Wildman–Crippen LogP) is 2.22. The number of nitrogens with two attached hydrogens (primary N) is 1. The molecule has 0 aromatic carbocycles. The van der Waals surface area contributed by atoms with Gasteiger partial charge in [-0.3, -0.25) is 11.3 Å². The molecule has 14 heavy (non-hydrogen) atoms. The lowest BCUT2D eigenvalue weighted by molar-refractivity contribution is 0.188. The Balaban J connectivity index is 3.28. The largest absolute Gasteiger partial charge is 0.385 e. The van der Waals surface area contributed by atoms with Crippen LogP contribution in [0, 0.1) is 0 Å². The Hall–Kier alpha value is -0.120. The fourth-order valence-electron chi connectivity index (χ4n) is 1.60. The quantitative estimate of drug-likeness (QED) is 0.324. The van der Waals surface area contributed by atoms with Gasteiger partial charge < -0.3 is 4.74 Å². The lowest BCUT2D eigenvalue weighted by Crippen LogP contribution is -2.35. The maximum atomic E-state index is 5.48. The van der Waals surface area contributed by atoms with Crippen molar-refractivity contribution in [1.29, 1.82) is 0 Å². The van der Waals surface area contributed by atoms with Crippen LogP contribution in [0.1, 0.15) is 51.9 Å². The Morgan fingerprint density at radius 3 is 2.43 bits per heavy atom. The molecule has 0 saturated heterocycles. The normalized spacial score (nSPS) is 13.1. The zero-order valence-electron chi connectivity index (χ0n) is 9.72. The molecule has 0 aliphatic rings. The van der Waals surface area contributed by atoms with E-state index in [1.54, 1.807) is 7.11 Å². The number of rotatable bonds is 10. The summed E-state index contributed by atoms with van der Waals surface area (Å²) in [6, 6.07) is 0.474. The van der Waals surface area contributed by atoms with Crippen LogP contribution in [0.5, 0.6) is 0 Å². The topological polar surface area (TPSA) is 47.3 Å². The lowest BCUT2D eigenvalue weighted by Gasteiger charge is -2.15. The van der Waals surface area contributed by atoms with Crippen LogP contribution in [0.25, 0.3) is 0 Å². The van der Waals surface area contributed by atoms with E-state index in [9.17, 15) is 0 Å². The highest BCUT2D eigenvalue weighted by Crippen LogP contribution is 2.08. The second-order valence-corrected chi connectivity index (χ2v) is 3.85. The van der Waals surface area contributed by atoms with E-state index < -0.39 is 0 Å². The molecule has 0 bridgehead atoms. The van der Waals surface area contributed by atoms with Gasteiger partial charge in [0.25, 0.3) is 0 Å². The van der Waals surface area contributed by atoms with E-state index in [2.05, 4.69) is 12.3 Å². The summed E-state index contributed by atoms with van der Waals surface area (Å²) in [5, 5.41) is 0. The van der Waals surface area contributed by atoms with Crippen molar-refractivity contribution in [3.63, 3.8) is 0 Å². The van der Waals surface area contributed by atoms with Crippen LogP contribution < -0.4 is 11.3 Å².